The molecule has 1 amide bonds. The molecule has 1 aromatic carbocycles. The lowest BCUT2D eigenvalue weighted by Gasteiger charge is -2.11. The van der Waals surface area contributed by atoms with Crippen molar-refractivity contribution in [3.8, 4) is 0 Å². The maximum Gasteiger partial charge on any atom is 0.335 e. The molecule has 118 valence electrons. The van der Waals surface area contributed by atoms with Crippen LogP contribution in [-0.4, -0.2) is 30.8 Å². The second kappa shape index (κ2) is 6.01. The number of rotatable bonds is 4. The standard InChI is InChI=1S/C12H11ClFN3O4S/c1-6(11-16-17-12(21-11)22(2,19)20)15-10(18)9-7(13)4-3-5-8(9)14/h3-6H,1-2H3,(H,15,18)/t6-/m0/s1. The number of amides is 1. The van der Waals surface area contributed by atoms with Crippen LogP contribution < -0.4 is 5.32 Å². The first-order valence-electron chi connectivity index (χ1n) is 5.98. The fourth-order valence-electron chi connectivity index (χ4n) is 1.59. The third kappa shape index (κ3) is 3.42. The molecule has 0 saturated heterocycles. The number of carbonyl (C=O) groups is 1. The monoisotopic (exact) mass is 347 g/mol. The van der Waals surface area contributed by atoms with Crippen molar-refractivity contribution in [2.75, 3.05) is 6.26 Å². The van der Waals surface area contributed by atoms with E-state index in [0.29, 0.717) is 0 Å². The molecule has 0 aliphatic rings. The summed E-state index contributed by atoms with van der Waals surface area (Å²) in [5, 5.41) is 8.70. The predicted molar refractivity (Wildman–Crippen MR) is 74.7 cm³/mol. The number of carbonyl (C=O) groups excluding carboxylic acids is 1. The molecule has 1 atom stereocenters. The van der Waals surface area contributed by atoms with Gasteiger partial charge in [-0.2, -0.15) is 0 Å². The quantitative estimate of drug-likeness (QED) is 0.904. The summed E-state index contributed by atoms with van der Waals surface area (Å²) in [7, 11) is -3.64. The van der Waals surface area contributed by atoms with Crippen molar-refractivity contribution >= 4 is 27.3 Å². The van der Waals surface area contributed by atoms with Crippen molar-refractivity contribution < 1.29 is 22.0 Å². The van der Waals surface area contributed by atoms with E-state index < -0.39 is 32.8 Å². The number of halogens is 2. The van der Waals surface area contributed by atoms with Crippen molar-refractivity contribution in [1.82, 2.24) is 15.5 Å². The minimum absolute atomic E-state index is 0.0490. The largest absolute Gasteiger partial charge is 0.410 e. The lowest BCUT2D eigenvalue weighted by Crippen LogP contribution is -2.28. The molecule has 2 aromatic rings. The molecule has 0 saturated carbocycles. The van der Waals surface area contributed by atoms with Crippen molar-refractivity contribution in [1.29, 1.82) is 0 Å². The first-order valence-corrected chi connectivity index (χ1v) is 8.25. The molecule has 0 spiro atoms. The summed E-state index contributed by atoms with van der Waals surface area (Å²) in [5.41, 5.74) is -0.320. The van der Waals surface area contributed by atoms with Crippen molar-refractivity contribution in [2.24, 2.45) is 0 Å². The topological polar surface area (TPSA) is 102 Å². The lowest BCUT2D eigenvalue weighted by atomic mass is 10.2. The van der Waals surface area contributed by atoms with Gasteiger partial charge in [-0.1, -0.05) is 22.8 Å². The molecule has 1 N–H and O–H groups in total. The minimum Gasteiger partial charge on any atom is -0.410 e. The van der Waals surface area contributed by atoms with E-state index in [4.69, 9.17) is 16.0 Å². The predicted octanol–water partition coefficient (Wildman–Crippen LogP) is 1.76. The molecule has 0 unspecified atom stereocenters. The highest BCUT2D eigenvalue weighted by molar-refractivity contribution is 7.90. The molecule has 0 aliphatic heterocycles. The summed E-state index contributed by atoms with van der Waals surface area (Å²) in [6.07, 6.45) is 0.909. The van der Waals surface area contributed by atoms with Crippen molar-refractivity contribution in [2.45, 2.75) is 18.2 Å². The van der Waals surface area contributed by atoms with Crippen LogP contribution in [0.25, 0.3) is 0 Å². The molecule has 22 heavy (non-hydrogen) atoms. The number of hydrogen-bond donors (Lipinski definition) is 1. The van der Waals surface area contributed by atoms with Crippen LogP contribution in [0.3, 0.4) is 0 Å². The minimum atomic E-state index is -3.64. The molecule has 10 heteroatoms. The van der Waals surface area contributed by atoms with Gasteiger partial charge in [-0.05, 0) is 19.1 Å². The van der Waals surface area contributed by atoms with Gasteiger partial charge in [-0.25, -0.2) is 12.8 Å². The number of nitrogens with zero attached hydrogens (tertiary/aromatic N) is 2. The zero-order chi connectivity index (χ0) is 16.5. The summed E-state index contributed by atoms with van der Waals surface area (Å²) in [5.74, 6) is -1.68. The summed E-state index contributed by atoms with van der Waals surface area (Å²) < 4.78 is 41.1. The Morgan fingerprint density at radius 3 is 2.64 bits per heavy atom. The van der Waals surface area contributed by atoms with Crippen LogP contribution in [0.15, 0.2) is 27.8 Å². The van der Waals surface area contributed by atoms with Gasteiger partial charge in [0.2, 0.25) is 15.7 Å². The van der Waals surface area contributed by atoms with E-state index in [0.717, 1.165) is 12.3 Å². The Morgan fingerprint density at radius 1 is 1.41 bits per heavy atom. The number of benzene rings is 1. The summed E-state index contributed by atoms with van der Waals surface area (Å²) in [4.78, 5) is 12.0. The van der Waals surface area contributed by atoms with Gasteiger partial charge >= 0.3 is 5.22 Å². The maximum atomic E-state index is 13.6. The molecule has 0 radical (unpaired) electrons. The molecule has 7 nitrogen and oxygen atoms in total. The fraction of sp³-hybridized carbons (Fsp3) is 0.250. The van der Waals surface area contributed by atoms with E-state index in [9.17, 15) is 17.6 Å². The summed E-state index contributed by atoms with van der Waals surface area (Å²) >= 11 is 5.79. The van der Waals surface area contributed by atoms with E-state index >= 15 is 0 Å². The highest BCUT2D eigenvalue weighted by atomic mass is 35.5. The van der Waals surface area contributed by atoms with Crippen molar-refractivity contribution in [3.63, 3.8) is 0 Å². The number of sulfone groups is 1. The molecule has 0 bridgehead atoms. The third-order valence-electron chi connectivity index (χ3n) is 2.65. The van der Waals surface area contributed by atoms with Crippen LogP contribution >= 0.6 is 11.6 Å². The molecular formula is C12H11ClFN3O4S. The smallest absolute Gasteiger partial charge is 0.335 e. The van der Waals surface area contributed by atoms with Crippen LogP contribution in [0.1, 0.15) is 29.2 Å². The van der Waals surface area contributed by atoms with Gasteiger partial charge in [0, 0.05) is 6.26 Å². The third-order valence-corrected chi connectivity index (χ3v) is 3.76. The Morgan fingerprint density at radius 2 is 2.09 bits per heavy atom. The highest BCUT2D eigenvalue weighted by Gasteiger charge is 2.23. The van der Waals surface area contributed by atoms with E-state index in [1.54, 1.807) is 0 Å². The first-order chi connectivity index (χ1) is 10.2. The molecule has 1 heterocycles. The average molecular weight is 348 g/mol. The van der Waals surface area contributed by atoms with E-state index in [1.165, 1.54) is 19.1 Å². The zero-order valence-corrected chi connectivity index (χ0v) is 13.1. The van der Waals surface area contributed by atoms with Gasteiger partial charge in [0.15, 0.2) is 0 Å². The van der Waals surface area contributed by atoms with Gasteiger partial charge in [0.1, 0.15) is 11.9 Å². The average Bonchev–Trinajstić information content (AvgIpc) is 2.87. The number of nitrogens with one attached hydrogen (secondary N) is 1. The highest BCUT2D eigenvalue weighted by Crippen LogP contribution is 2.20. The van der Waals surface area contributed by atoms with Crippen LogP contribution in [0.4, 0.5) is 4.39 Å². The molecule has 1 aromatic heterocycles. The molecule has 0 fully saturated rings. The van der Waals surface area contributed by atoms with Crippen molar-refractivity contribution in [3.05, 3.63) is 40.5 Å². The second-order valence-corrected chi connectivity index (χ2v) is 6.77. The van der Waals surface area contributed by atoms with Crippen LogP contribution in [0.2, 0.25) is 5.02 Å². The Balaban J connectivity index is 2.20. The Hall–Kier alpha value is -2.00. The van der Waals surface area contributed by atoms with Crippen LogP contribution in [0.5, 0.6) is 0 Å². The summed E-state index contributed by atoms with van der Waals surface area (Å²) in [6, 6.07) is 3.01. The maximum absolute atomic E-state index is 13.6. The van der Waals surface area contributed by atoms with E-state index in [1.807, 2.05) is 0 Å². The molecule has 0 aliphatic carbocycles. The normalized spacial score (nSPS) is 12.9. The molecule has 2 rings (SSSR count). The number of aromatic nitrogens is 2. The van der Waals surface area contributed by atoms with Gasteiger partial charge < -0.3 is 9.73 Å². The first kappa shape index (κ1) is 16.4. The van der Waals surface area contributed by atoms with Gasteiger partial charge in [0.05, 0.1) is 10.6 Å². The zero-order valence-electron chi connectivity index (χ0n) is 11.5. The van der Waals surface area contributed by atoms with Crippen LogP contribution in [0, 0.1) is 5.82 Å². The Kier molecular flexibility index (Phi) is 4.47. The van der Waals surface area contributed by atoms with Gasteiger partial charge in [-0.3, -0.25) is 4.79 Å². The SMILES string of the molecule is C[C@H](NC(=O)c1c(F)cccc1Cl)c1nnc(S(C)(=O)=O)o1. The van der Waals surface area contributed by atoms with Gasteiger partial charge in [-0.15, -0.1) is 5.10 Å². The Labute approximate surface area is 130 Å². The number of hydrogen-bond acceptors (Lipinski definition) is 6. The van der Waals surface area contributed by atoms with Crippen LogP contribution in [-0.2, 0) is 9.84 Å². The van der Waals surface area contributed by atoms with E-state index in [-0.39, 0.29) is 16.5 Å². The second-order valence-electron chi connectivity index (χ2n) is 4.47. The fourth-order valence-corrected chi connectivity index (χ4v) is 2.27. The van der Waals surface area contributed by atoms with E-state index in [2.05, 4.69) is 15.5 Å². The lowest BCUT2D eigenvalue weighted by molar-refractivity contribution is 0.0929. The van der Waals surface area contributed by atoms with Gasteiger partial charge in [0.25, 0.3) is 5.91 Å². The molecular weight excluding hydrogens is 337 g/mol. The Bertz CT molecular complexity index is 801. The summed E-state index contributed by atoms with van der Waals surface area (Å²) in [6.45, 7) is 1.48.